The molecule has 3 aromatic rings. The average Bonchev–Trinajstić information content (AvgIpc) is 2.98. The van der Waals surface area contributed by atoms with Crippen molar-refractivity contribution in [2.24, 2.45) is 0 Å². The molecular formula is C17H15ClFN5OS. The van der Waals surface area contributed by atoms with Crippen molar-refractivity contribution in [2.45, 2.75) is 17.3 Å². The molecule has 0 aliphatic carbocycles. The molecule has 2 aromatic carbocycles. The number of benzene rings is 2. The summed E-state index contributed by atoms with van der Waals surface area (Å²) in [6.45, 7) is 1.68. The molecule has 1 amide bonds. The van der Waals surface area contributed by atoms with Crippen molar-refractivity contribution in [1.29, 1.82) is 0 Å². The molecule has 9 heteroatoms. The van der Waals surface area contributed by atoms with Crippen LogP contribution in [-0.4, -0.2) is 26.0 Å². The third-order valence-electron chi connectivity index (χ3n) is 3.55. The quantitative estimate of drug-likeness (QED) is 0.513. The Kier molecular flexibility index (Phi) is 5.43. The van der Waals surface area contributed by atoms with Gasteiger partial charge in [0.1, 0.15) is 5.82 Å². The molecule has 0 saturated heterocycles. The number of nitrogens with one attached hydrogen (secondary N) is 1. The summed E-state index contributed by atoms with van der Waals surface area (Å²) in [4.78, 5) is 12.3. The van der Waals surface area contributed by atoms with Crippen molar-refractivity contribution in [3.8, 4) is 11.4 Å². The second-order valence-electron chi connectivity index (χ2n) is 5.41. The SMILES string of the molecule is C[C@@H](Sc1nnc(-c2ccc(Cl)cc2)n1N)C(=O)Nc1ccccc1F. The Morgan fingerprint density at radius 1 is 1.23 bits per heavy atom. The van der Waals surface area contributed by atoms with Crippen molar-refractivity contribution in [3.63, 3.8) is 0 Å². The van der Waals surface area contributed by atoms with E-state index in [9.17, 15) is 9.18 Å². The van der Waals surface area contributed by atoms with E-state index in [0.29, 0.717) is 16.0 Å². The van der Waals surface area contributed by atoms with E-state index in [4.69, 9.17) is 17.4 Å². The molecule has 0 unspecified atom stereocenters. The molecule has 3 rings (SSSR count). The molecule has 3 N–H and O–H groups in total. The number of nitrogen functional groups attached to an aromatic ring is 1. The summed E-state index contributed by atoms with van der Waals surface area (Å²) >= 11 is 7.00. The minimum atomic E-state index is -0.556. The normalized spacial score (nSPS) is 12.0. The predicted octanol–water partition coefficient (Wildman–Crippen LogP) is 3.57. The Morgan fingerprint density at radius 2 is 1.92 bits per heavy atom. The van der Waals surface area contributed by atoms with Gasteiger partial charge >= 0.3 is 0 Å². The number of nitrogens with two attached hydrogens (primary N) is 1. The average molecular weight is 392 g/mol. The number of para-hydroxylation sites is 1. The van der Waals surface area contributed by atoms with Gasteiger partial charge in [0.05, 0.1) is 10.9 Å². The maximum Gasteiger partial charge on any atom is 0.237 e. The molecule has 1 aromatic heterocycles. The predicted molar refractivity (Wildman–Crippen MR) is 101 cm³/mol. The van der Waals surface area contributed by atoms with E-state index in [-0.39, 0.29) is 11.6 Å². The lowest BCUT2D eigenvalue weighted by Crippen LogP contribution is -2.24. The standard InChI is InChI=1S/C17H15ClFN5OS/c1-10(16(25)21-14-5-3-2-4-13(14)19)26-17-23-22-15(24(17)20)11-6-8-12(18)9-7-11/h2-10H,20H2,1H3,(H,21,25)/t10-/m1/s1. The highest BCUT2D eigenvalue weighted by Gasteiger charge is 2.20. The van der Waals surface area contributed by atoms with E-state index in [1.807, 2.05) is 0 Å². The molecule has 1 atom stereocenters. The maximum atomic E-state index is 13.6. The van der Waals surface area contributed by atoms with Crippen LogP contribution in [-0.2, 0) is 4.79 Å². The van der Waals surface area contributed by atoms with Gasteiger partial charge < -0.3 is 11.2 Å². The molecule has 134 valence electrons. The Labute approximate surface area is 158 Å². The van der Waals surface area contributed by atoms with E-state index < -0.39 is 11.1 Å². The Bertz CT molecular complexity index is 931. The zero-order chi connectivity index (χ0) is 18.7. The fourth-order valence-corrected chi connectivity index (χ4v) is 3.06. The molecule has 0 spiro atoms. The highest BCUT2D eigenvalue weighted by atomic mass is 35.5. The molecule has 0 radical (unpaired) electrons. The van der Waals surface area contributed by atoms with Gasteiger partial charge in [-0.25, -0.2) is 9.07 Å². The van der Waals surface area contributed by atoms with Gasteiger partial charge in [-0.15, -0.1) is 10.2 Å². The van der Waals surface area contributed by atoms with Crippen LogP contribution in [0.2, 0.25) is 5.02 Å². The lowest BCUT2D eigenvalue weighted by molar-refractivity contribution is -0.115. The number of thioether (sulfide) groups is 1. The Balaban J connectivity index is 1.71. The third-order valence-corrected chi connectivity index (χ3v) is 4.86. The Morgan fingerprint density at radius 3 is 2.62 bits per heavy atom. The van der Waals surface area contributed by atoms with Gasteiger partial charge in [0.2, 0.25) is 11.1 Å². The zero-order valence-electron chi connectivity index (χ0n) is 13.7. The molecular weight excluding hydrogens is 377 g/mol. The molecule has 6 nitrogen and oxygen atoms in total. The fourth-order valence-electron chi connectivity index (χ4n) is 2.16. The second kappa shape index (κ2) is 7.76. The van der Waals surface area contributed by atoms with E-state index in [1.165, 1.54) is 16.8 Å². The number of anilines is 1. The number of halogens is 2. The summed E-state index contributed by atoms with van der Waals surface area (Å²) in [5.41, 5.74) is 0.876. The van der Waals surface area contributed by atoms with Gasteiger partial charge in [-0.2, -0.15) is 0 Å². The molecule has 0 fully saturated rings. The fraction of sp³-hybridized carbons (Fsp3) is 0.118. The van der Waals surface area contributed by atoms with E-state index in [0.717, 1.165) is 17.3 Å². The summed E-state index contributed by atoms with van der Waals surface area (Å²) in [6.07, 6.45) is 0. The summed E-state index contributed by atoms with van der Waals surface area (Å²) in [5, 5.41) is 11.0. The van der Waals surface area contributed by atoms with Gasteiger partial charge in [0.25, 0.3) is 0 Å². The van der Waals surface area contributed by atoms with Crippen LogP contribution in [0.4, 0.5) is 10.1 Å². The summed E-state index contributed by atoms with van der Waals surface area (Å²) < 4.78 is 15.0. The smallest absolute Gasteiger partial charge is 0.237 e. The van der Waals surface area contributed by atoms with Crippen LogP contribution in [0.3, 0.4) is 0 Å². The van der Waals surface area contributed by atoms with E-state index in [1.54, 1.807) is 43.3 Å². The number of aromatic nitrogens is 3. The van der Waals surface area contributed by atoms with Gasteiger partial charge in [-0.3, -0.25) is 4.79 Å². The van der Waals surface area contributed by atoms with Crippen LogP contribution < -0.4 is 11.2 Å². The third kappa shape index (κ3) is 3.97. The number of carbonyl (C=O) groups is 1. The van der Waals surface area contributed by atoms with Crippen molar-refractivity contribution >= 4 is 35.0 Å². The van der Waals surface area contributed by atoms with Crippen LogP contribution in [0.25, 0.3) is 11.4 Å². The van der Waals surface area contributed by atoms with Crippen LogP contribution in [0.15, 0.2) is 53.7 Å². The number of hydrogen-bond acceptors (Lipinski definition) is 5. The van der Waals surface area contributed by atoms with Gasteiger partial charge in [-0.1, -0.05) is 35.5 Å². The molecule has 1 heterocycles. The highest BCUT2D eigenvalue weighted by Crippen LogP contribution is 2.26. The number of rotatable bonds is 5. The van der Waals surface area contributed by atoms with Crippen molar-refractivity contribution in [3.05, 3.63) is 59.4 Å². The monoisotopic (exact) mass is 391 g/mol. The van der Waals surface area contributed by atoms with Crippen LogP contribution in [0.1, 0.15) is 6.92 Å². The van der Waals surface area contributed by atoms with Crippen molar-refractivity contribution in [2.75, 3.05) is 11.2 Å². The molecule has 0 aliphatic heterocycles. The summed E-state index contributed by atoms with van der Waals surface area (Å²) in [5.74, 6) is 5.63. The summed E-state index contributed by atoms with van der Waals surface area (Å²) in [6, 6.07) is 13.0. The minimum absolute atomic E-state index is 0.126. The molecule has 0 aliphatic rings. The van der Waals surface area contributed by atoms with E-state index >= 15 is 0 Å². The zero-order valence-corrected chi connectivity index (χ0v) is 15.3. The lowest BCUT2D eigenvalue weighted by Gasteiger charge is -2.12. The van der Waals surface area contributed by atoms with Crippen molar-refractivity contribution < 1.29 is 9.18 Å². The van der Waals surface area contributed by atoms with Crippen molar-refractivity contribution in [1.82, 2.24) is 14.9 Å². The number of nitrogens with zero attached hydrogens (tertiary/aromatic N) is 3. The van der Waals surface area contributed by atoms with Gasteiger partial charge in [0.15, 0.2) is 5.82 Å². The topological polar surface area (TPSA) is 85.8 Å². The van der Waals surface area contributed by atoms with Crippen LogP contribution in [0.5, 0.6) is 0 Å². The summed E-state index contributed by atoms with van der Waals surface area (Å²) in [7, 11) is 0. The van der Waals surface area contributed by atoms with Crippen LogP contribution in [0, 0.1) is 5.82 Å². The number of hydrogen-bond donors (Lipinski definition) is 2. The first-order valence-corrected chi connectivity index (χ1v) is 8.90. The molecule has 26 heavy (non-hydrogen) atoms. The van der Waals surface area contributed by atoms with Gasteiger partial charge in [-0.05, 0) is 43.3 Å². The second-order valence-corrected chi connectivity index (χ2v) is 7.16. The lowest BCUT2D eigenvalue weighted by atomic mass is 10.2. The first-order chi connectivity index (χ1) is 12.5. The van der Waals surface area contributed by atoms with Crippen LogP contribution >= 0.6 is 23.4 Å². The largest absolute Gasteiger partial charge is 0.335 e. The highest BCUT2D eigenvalue weighted by molar-refractivity contribution is 8.00. The van der Waals surface area contributed by atoms with E-state index in [2.05, 4.69) is 15.5 Å². The van der Waals surface area contributed by atoms with Gasteiger partial charge in [0, 0.05) is 10.6 Å². The maximum absolute atomic E-state index is 13.6. The number of amides is 1. The molecule has 0 saturated carbocycles. The molecule has 0 bridgehead atoms. The Hall–Kier alpha value is -2.58. The number of carbonyl (C=O) groups excluding carboxylic acids is 1. The first kappa shape index (κ1) is 18.2. The minimum Gasteiger partial charge on any atom is -0.335 e. The first-order valence-electron chi connectivity index (χ1n) is 7.64.